The highest BCUT2D eigenvalue weighted by Gasteiger charge is 2.36. The topological polar surface area (TPSA) is 73.9 Å². The summed E-state index contributed by atoms with van der Waals surface area (Å²) < 4.78 is 5.77. The van der Waals surface area contributed by atoms with E-state index < -0.39 is 0 Å². The van der Waals surface area contributed by atoms with Gasteiger partial charge in [-0.2, -0.15) is 9.97 Å². The summed E-state index contributed by atoms with van der Waals surface area (Å²) in [7, 11) is 0. The van der Waals surface area contributed by atoms with Gasteiger partial charge >= 0.3 is 0 Å². The molecule has 1 fully saturated rings. The number of nitrogens with zero attached hydrogens (tertiary/aromatic N) is 3. The zero-order valence-corrected chi connectivity index (χ0v) is 11.6. The van der Waals surface area contributed by atoms with Gasteiger partial charge in [-0.3, -0.25) is 0 Å². The summed E-state index contributed by atoms with van der Waals surface area (Å²) in [5, 5.41) is 0. The highest BCUT2D eigenvalue weighted by molar-refractivity contribution is 5.20. The molecule has 0 radical (unpaired) electrons. The molecule has 1 aliphatic rings. The number of rotatable bonds is 4. The molecule has 1 heterocycles. The predicted molar refractivity (Wildman–Crippen MR) is 70.0 cm³/mol. The van der Waals surface area contributed by atoms with Crippen LogP contribution in [0.4, 0.5) is 5.95 Å². The first-order valence-electron chi connectivity index (χ1n) is 6.55. The van der Waals surface area contributed by atoms with Crippen LogP contribution in [0.15, 0.2) is 0 Å². The smallest absolute Gasteiger partial charge is 0.223 e. The van der Waals surface area contributed by atoms with Crippen LogP contribution < -0.4 is 5.73 Å². The van der Waals surface area contributed by atoms with Crippen LogP contribution in [0, 0.1) is 5.92 Å². The van der Waals surface area contributed by atoms with Gasteiger partial charge in [-0.15, -0.1) is 0 Å². The molecule has 1 saturated carbocycles. The molecule has 18 heavy (non-hydrogen) atoms. The molecule has 1 aromatic heterocycles. The van der Waals surface area contributed by atoms with E-state index in [1.807, 2.05) is 6.92 Å². The Kier molecular flexibility index (Phi) is 3.52. The van der Waals surface area contributed by atoms with Gasteiger partial charge in [-0.05, 0) is 25.7 Å². The lowest BCUT2D eigenvalue weighted by Gasteiger charge is -2.20. The van der Waals surface area contributed by atoms with E-state index in [-0.39, 0.29) is 17.5 Å². The number of anilines is 1. The largest absolute Gasteiger partial charge is 0.370 e. The lowest BCUT2D eigenvalue weighted by atomic mass is 9.96. The summed E-state index contributed by atoms with van der Waals surface area (Å²) >= 11 is 0. The Labute approximate surface area is 108 Å². The van der Waals surface area contributed by atoms with Crippen LogP contribution in [0.3, 0.4) is 0 Å². The molecule has 0 spiro atoms. The van der Waals surface area contributed by atoms with Crippen LogP contribution in [0.1, 0.15) is 58.3 Å². The standard InChI is InChI=1S/C13H22N4O/c1-5-18-9(8-6-7-8)10-15-11(13(2,3)4)17-12(14)16-10/h8-9H,5-7H2,1-4H3,(H2,14,15,16,17). The SMILES string of the molecule is CCOC(c1nc(N)nc(C(C)(C)C)n1)C1CC1. The normalized spacial score (nSPS) is 17.8. The van der Waals surface area contributed by atoms with E-state index in [2.05, 4.69) is 35.7 Å². The Morgan fingerprint density at radius 2 is 1.94 bits per heavy atom. The molecule has 100 valence electrons. The van der Waals surface area contributed by atoms with Crippen molar-refractivity contribution in [2.24, 2.45) is 5.92 Å². The van der Waals surface area contributed by atoms with Gasteiger partial charge in [0.25, 0.3) is 0 Å². The molecule has 0 saturated heterocycles. The second kappa shape index (κ2) is 4.80. The number of nitrogen functional groups attached to an aromatic ring is 1. The Morgan fingerprint density at radius 1 is 1.28 bits per heavy atom. The van der Waals surface area contributed by atoms with Crippen molar-refractivity contribution >= 4 is 5.95 Å². The molecule has 1 aliphatic carbocycles. The van der Waals surface area contributed by atoms with Crippen LogP contribution in [-0.2, 0) is 10.2 Å². The van der Waals surface area contributed by atoms with Crippen LogP contribution in [0.2, 0.25) is 0 Å². The summed E-state index contributed by atoms with van der Waals surface area (Å²) in [5.74, 6) is 2.25. The number of ether oxygens (including phenoxy) is 1. The molecular weight excluding hydrogens is 228 g/mol. The van der Waals surface area contributed by atoms with Gasteiger partial charge in [0.05, 0.1) is 0 Å². The van der Waals surface area contributed by atoms with Gasteiger partial charge < -0.3 is 10.5 Å². The van der Waals surface area contributed by atoms with E-state index in [4.69, 9.17) is 10.5 Å². The molecule has 0 bridgehead atoms. The third kappa shape index (κ3) is 2.96. The van der Waals surface area contributed by atoms with Gasteiger partial charge in [0.1, 0.15) is 11.9 Å². The van der Waals surface area contributed by atoms with E-state index >= 15 is 0 Å². The molecule has 1 unspecified atom stereocenters. The Morgan fingerprint density at radius 3 is 2.44 bits per heavy atom. The molecule has 1 aromatic rings. The zero-order valence-electron chi connectivity index (χ0n) is 11.6. The summed E-state index contributed by atoms with van der Waals surface area (Å²) in [4.78, 5) is 13.0. The predicted octanol–water partition coefficient (Wildman–Crippen LogP) is 2.24. The first-order chi connectivity index (χ1) is 8.41. The van der Waals surface area contributed by atoms with Crippen LogP contribution >= 0.6 is 0 Å². The van der Waals surface area contributed by atoms with E-state index in [9.17, 15) is 0 Å². The third-order valence-electron chi connectivity index (χ3n) is 2.99. The second-order valence-corrected chi connectivity index (χ2v) is 5.84. The maximum atomic E-state index is 5.79. The van der Waals surface area contributed by atoms with Crippen LogP contribution in [-0.4, -0.2) is 21.6 Å². The van der Waals surface area contributed by atoms with Gasteiger partial charge in [0, 0.05) is 12.0 Å². The lowest BCUT2D eigenvalue weighted by molar-refractivity contribution is 0.0396. The van der Waals surface area contributed by atoms with Crippen molar-refractivity contribution in [3.63, 3.8) is 0 Å². The van der Waals surface area contributed by atoms with Crippen molar-refractivity contribution in [1.82, 2.24) is 15.0 Å². The maximum Gasteiger partial charge on any atom is 0.223 e. The van der Waals surface area contributed by atoms with E-state index in [1.165, 1.54) is 12.8 Å². The molecule has 0 aromatic carbocycles. The Hall–Kier alpha value is -1.23. The van der Waals surface area contributed by atoms with E-state index in [0.717, 1.165) is 5.82 Å². The number of hydrogen-bond acceptors (Lipinski definition) is 5. The van der Waals surface area contributed by atoms with Crippen molar-refractivity contribution in [3.05, 3.63) is 11.6 Å². The number of hydrogen-bond donors (Lipinski definition) is 1. The summed E-state index contributed by atoms with van der Waals surface area (Å²) in [6.45, 7) is 8.86. The number of nitrogens with two attached hydrogens (primary N) is 1. The van der Waals surface area contributed by atoms with Gasteiger partial charge in [-0.25, -0.2) is 4.98 Å². The Bertz CT molecular complexity index is 423. The average Bonchev–Trinajstić information content (AvgIpc) is 3.07. The van der Waals surface area contributed by atoms with Crippen molar-refractivity contribution < 1.29 is 4.74 Å². The van der Waals surface area contributed by atoms with Crippen molar-refractivity contribution in [3.8, 4) is 0 Å². The number of aromatic nitrogens is 3. The zero-order chi connectivity index (χ0) is 13.3. The van der Waals surface area contributed by atoms with Gasteiger partial charge in [0.2, 0.25) is 5.95 Å². The minimum Gasteiger partial charge on any atom is -0.370 e. The van der Waals surface area contributed by atoms with Crippen molar-refractivity contribution in [1.29, 1.82) is 0 Å². The molecule has 2 rings (SSSR count). The summed E-state index contributed by atoms with van der Waals surface area (Å²) in [6.07, 6.45) is 2.34. The molecule has 2 N–H and O–H groups in total. The summed E-state index contributed by atoms with van der Waals surface area (Å²) in [5.41, 5.74) is 5.66. The maximum absolute atomic E-state index is 5.79. The minimum atomic E-state index is -0.133. The fourth-order valence-corrected chi connectivity index (χ4v) is 1.87. The van der Waals surface area contributed by atoms with Crippen LogP contribution in [0.5, 0.6) is 0 Å². The average molecular weight is 250 g/mol. The monoisotopic (exact) mass is 250 g/mol. The fraction of sp³-hybridized carbons (Fsp3) is 0.769. The van der Waals surface area contributed by atoms with Crippen LogP contribution in [0.25, 0.3) is 0 Å². The van der Waals surface area contributed by atoms with E-state index in [1.54, 1.807) is 0 Å². The lowest BCUT2D eigenvalue weighted by Crippen LogP contribution is -2.21. The molecule has 5 nitrogen and oxygen atoms in total. The molecule has 0 amide bonds. The first kappa shape index (κ1) is 13.2. The first-order valence-corrected chi connectivity index (χ1v) is 6.55. The highest BCUT2D eigenvalue weighted by atomic mass is 16.5. The van der Waals surface area contributed by atoms with Crippen molar-refractivity contribution in [2.45, 2.75) is 52.1 Å². The molecular formula is C13H22N4O. The highest BCUT2D eigenvalue weighted by Crippen LogP contribution is 2.42. The molecule has 1 atom stereocenters. The molecule has 0 aliphatic heterocycles. The minimum absolute atomic E-state index is 0.0265. The third-order valence-corrected chi connectivity index (χ3v) is 2.99. The van der Waals surface area contributed by atoms with Crippen molar-refractivity contribution in [2.75, 3.05) is 12.3 Å². The summed E-state index contributed by atoms with van der Waals surface area (Å²) in [6, 6.07) is 0. The fourth-order valence-electron chi connectivity index (χ4n) is 1.87. The second-order valence-electron chi connectivity index (χ2n) is 5.84. The van der Waals surface area contributed by atoms with Gasteiger partial charge in [-0.1, -0.05) is 20.8 Å². The Balaban J connectivity index is 2.34. The van der Waals surface area contributed by atoms with Gasteiger partial charge in [0.15, 0.2) is 5.82 Å². The van der Waals surface area contributed by atoms with E-state index in [0.29, 0.717) is 18.3 Å². The quantitative estimate of drug-likeness (QED) is 0.887. The molecule has 5 heteroatoms.